The summed E-state index contributed by atoms with van der Waals surface area (Å²) in [5, 5.41) is 0. The topological polar surface area (TPSA) is 18.5 Å². The smallest absolute Gasteiger partial charge is 0.352 e. The predicted molar refractivity (Wildman–Crippen MR) is 126 cm³/mol. The number of allylic oxidation sites excluding steroid dienone is 4. The molecule has 0 atom stereocenters. The molecule has 0 aromatic carbocycles. The van der Waals surface area contributed by atoms with E-state index in [9.17, 15) is 17.6 Å². The molecule has 2 nitrogen and oxygen atoms in total. The van der Waals surface area contributed by atoms with Crippen molar-refractivity contribution in [1.82, 2.24) is 0 Å². The normalized spacial score (nSPS) is 41.0. The van der Waals surface area contributed by atoms with E-state index in [1.165, 1.54) is 51.4 Å². The molecule has 4 fully saturated rings. The Kier molecular flexibility index (Phi) is 9.17. The first-order valence-electron chi connectivity index (χ1n) is 13.6. The molecule has 0 unspecified atom stereocenters. The van der Waals surface area contributed by atoms with Crippen LogP contribution in [0, 0.1) is 41.4 Å². The summed E-state index contributed by atoms with van der Waals surface area (Å²) in [6, 6.07) is 0. The van der Waals surface area contributed by atoms with Gasteiger partial charge in [0.2, 0.25) is 0 Å². The summed E-state index contributed by atoms with van der Waals surface area (Å²) in [5.74, 6) is 2.22. The van der Waals surface area contributed by atoms with Crippen LogP contribution in [0.15, 0.2) is 24.1 Å². The maximum Gasteiger partial charge on any atom is 0.412 e. The predicted octanol–water partition coefficient (Wildman–Crippen LogP) is 8.39. The van der Waals surface area contributed by atoms with Crippen molar-refractivity contribution in [2.24, 2.45) is 41.4 Å². The second-order valence-electron chi connectivity index (χ2n) is 11.6. The van der Waals surface area contributed by atoms with E-state index < -0.39 is 17.9 Å². The molecule has 0 aromatic heterocycles. The third-order valence-corrected chi connectivity index (χ3v) is 8.89. The van der Waals surface area contributed by atoms with Crippen molar-refractivity contribution < 1.29 is 27.0 Å². The molecule has 1 aliphatic heterocycles. The van der Waals surface area contributed by atoms with Crippen molar-refractivity contribution >= 4 is 0 Å². The van der Waals surface area contributed by atoms with E-state index in [1.807, 2.05) is 0 Å². The Hall–Kier alpha value is -0.880. The summed E-state index contributed by atoms with van der Waals surface area (Å²) >= 11 is 0. The standard InChI is InChI=1S/C28H42F4O2/c1-19-17-33-27(34-18-19)25-14-12-23(13-15-25)22-8-4-20(5-9-22)2-3-21-6-10-24(11-7-21)26(29)16-28(30,31)32/h2-3,16,19-25,27H,4-15,17-18H2,1H3/b3-2+,26-16-. The largest absolute Gasteiger partial charge is 0.412 e. The van der Waals surface area contributed by atoms with E-state index in [1.54, 1.807) is 0 Å². The SMILES string of the molecule is CC1COC(C2CCC(C3CCC(/C=C/C4CCC(/C(F)=C/C(F)(F)F)CC4)CC3)CC2)OC1. The minimum atomic E-state index is -4.56. The van der Waals surface area contributed by atoms with E-state index in [2.05, 4.69) is 19.1 Å². The van der Waals surface area contributed by atoms with E-state index in [4.69, 9.17) is 9.47 Å². The number of ether oxygens (including phenoxy) is 2. The van der Waals surface area contributed by atoms with Gasteiger partial charge in [0, 0.05) is 17.8 Å². The zero-order valence-electron chi connectivity index (χ0n) is 20.6. The van der Waals surface area contributed by atoms with Gasteiger partial charge in [0.05, 0.1) is 19.3 Å². The Labute approximate surface area is 202 Å². The zero-order valence-corrected chi connectivity index (χ0v) is 20.6. The minimum absolute atomic E-state index is 0.0187. The van der Waals surface area contributed by atoms with Gasteiger partial charge in [-0.15, -0.1) is 0 Å². The summed E-state index contributed by atoms with van der Waals surface area (Å²) < 4.78 is 62.8. The lowest BCUT2D eigenvalue weighted by atomic mass is 9.69. The van der Waals surface area contributed by atoms with Gasteiger partial charge in [-0.1, -0.05) is 19.1 Å². The van der Waals surface area contributed by atoms with Gasteiger partial charge in [0.25, 0.3) is 0 Å². The van der Waals surface area contributed by atoms with E-state index in [-0.39, 0.29) is 12.4 Å². The molecule has 1 heterocycles. The highest BCUT2D eigenvalue weighted by Gasteiger charge is 2.35. The van der Waals surface area contributed by atoms with E-state index in [0.29, 0.717) is 36.5 Å². The first-order chi connectivity index (χ1) is 16.3. The molecule has 0 N–H and O–H groups in total. The monoisotopic (exact) mass is 486 g/mol. The van der Waals surface area contributed by atoms with Gasteiger partial charge in [-0.25, -0.2) is 4.39 Å². The molecule has 4 rings (SSSR count). The lowest BCUT2D eigenvalue weighted by molar-refractivity contribution is -0.227. The molecular formula is C28H42F4O2. The lowest BCUT2D eigenvalue weighted by Crippen LogP contribution is -2.38. The molecule has 6 heteroatoms. The average molecular weight is 487 g/mol. The molecule has 0 bridgehead atoms. The summed E-state index contributed by atoms with van der Waals surface area (Å²) in [7, 11) is 0. The molecule has 3 saturated carbocycles. The van der Waals surface area contributed by atoms with Crippen LogP contribution in [0.1, 0.15) is 84.0 Å². The summed E-state index contributed by atoms with van der Waals surface area (Å²) in [4.78, 5) is 0. The van der Waals surface area contributed by atoms with Crippen LogP contribution in [0.3, 0.4) is 0 Å². The van der Waals surface area contributed by atoms with Gasteiger partial charge < -0.3 is 9.47 Å². The van der Waals surface area contributed by atoms with Crippen LogP contribution in [0.2, 0.25) is 0 Å². The van der Waals surface area contributed by atoms with Gasteiger partial charge in [0.1, 0.15) is 5.83 Å². The number of rotatable bonds is 5. The number of alkyl halides is 3. The van der Waals surface area contributed by atoms with Crippen molar-refractivity contribution in [1.29, 1.82) is 0 Å². The fraction of sp³-hybridized carbons (Fsp3) is 0.857. The quantitative estimate of drug-likeness (QED) is 0.287. The van der Waals surface area contributed by atoms with Crippen LogP contribution in [0.5, 0.6) is 0 Å². The Morgan fingerprint density at radius 2 is 1.12 bits per heavy atom. The molecule has 34 heavy (non-hydrogen) atoms. The van der Waals surface area contributed by atoms with E-state index in [0.717, 1.165) is 37.9 Å². The van der Waals surface area contributed by atoms with Crippen molar-refractivity contribution in [2.75, 3.05) is 13.2 Å². The molecule has 0 amide bonds. The summed E-state index contributed by atoms with van der Waals surface area (Å²) in [5.41, 5.74) is 0. The average Bonchev–Trinajstić information content (AvgIpc) is 2.83. The Morgan fingerprint density at radius 1 is 0.676 bits per heavy atom. The molecule has 0 spiro atoms. The van der Waals surface area contributed by atoms with Gasteiger partial charge in [-0.05, 0) is 101 Å². The molecule has 3 aliphatic carbocycles. The highest BCUT2D eigenvalue weighted by Crippen LogP contribution is 2.43. The Bertz CT molecular complexity index is 671. The second-order valence-corrected chi connectivity index (χ2v) is 11.6. The van der Waals surface area contributed by atoms with Crippen LogP contribution >= 0.6 is 0 Å². The van der Waals surface area contributed by atoms with Gasteiger partial charge in [-0.2, -0.15) is 13.2 Å². The minimum Gasteiger partial charge on any atom is -0.352 e. The van der Waals surface area contributed by atoms with E-state index >= 15 is 0 Å². The van der Waals surface area contributed by atoms with Crippen LogP contribution in [0.25, 0.3) is 0 Å². The molecule has 1 saturated heterocycles. The van der Waals surface area contributed by atoms with Crippen molar-refractivity contribution in [3.05, 3.63) is 24.1 Å². The third-order valence-electron chi connectivity index (χ3n) is 8.89. The highest BCUT2D eigenvalue weighted by atomic mass is 19.4. The Balaban J connectivity index is 1.13. The number of hydrogen-bond donors (Lipinski definition) is 0. The maximum atomic E-state index is 13.8. The van der Waals surface area contributed by atoms with Crippen LogP contribution in [0.4, 0.5) is 17.6 Å². The van der Waals surface area contributed by atoms with Crippen molar-refractivity contribution in [3.8, 4) is 0 Å². The molecular weight excluding hydrogens is 444 g/mol. The lowest BCUT2D eigenvalue weighted by Gasteiger charge is -2.40. The first-order valence-corrected chi connectivity index (χ1v) is 13.6. The fourth-order valence-electron chi connectivity index (χ4n) is 6.76. The van der Waals surface area contributed by atoms with Gasteiger partial charge >= 0.3 is 6.18 Å². The summed E-state index contributed by atoms with van der Waals surface area (Å²) in [6.45, 7) is 3.83. The maximum absolute atomic E-state index is 13.8. The Morgan fingerprint density at radius 3 is 1.62 bits per heavy atom. The summed E-state index contributed by atoms with van der Waals surface area (Å²) in [6.07, 6.45) is 12.7. The van der Waals surface area contributed by atoms with Crippen LogP contribution in [-0.4, -0.2) is 25.7 Å². The second kappa shape index (κ2) is 11.9. The van der Waals surface area contributed by atoms with Crippen LogP contribution in [-0.2, 0) is 9.47 Å². The molecule has 0 aromatic rings. The van der Waals surface area contributed by atoms with Crippen molar-refractivity contribution in [2.45, 2.75) is 96.4 Å². The van der Waals surface area contributed by atoms with Gasteiger partial charge in [-0.3, -0.25) is 0 Å². The van der Waals surface area contributed by atoms with Crippen LogP contribution < -0.4 is 0 Å². The molecule has 4 aliphatic rings. The molecule has 194 valence electrons. The fourth-order valence-corrected chi connectivity index (χ4v) is 6.76. The first kappa shape index (κ1) is 26.2. The van der Waals surface area contributed by atoms with Crippen molar-refractivity contribution in [3.63, 3.8) is 0 Å². The third kappa shape index (κ3) is 7.56. The number of halogens is 4. The number of hydrogen-bond acceptors (Lipinski definition) is 2. The zero-order chi connectivity index (χ0) is 24.1. The molecule has 0 radical (unpaired) electrons. The van der Waals surface area contributed by atoms with Gasteiger partial charge in [0.15, 0.2) is 6.29 Å². The highest BCUT2D eigenvalue weighted by molar-refractivity contribution is 5.05.